The number of urea groups is 1. The zero-order chi connectivity index (χ0) is 19.2. The number of nitrogens with one attached hydrogen (secondary N) is 2. The second-order valence-corrected chi connectivity index (χ2v) is 7.13. The van der Waals surface area contributed by atoms with Gasteiger partial charge >= 0.3 is 6.03 Å². The molecule has 0 bridgehead atoms. The predicted octanol–water partition coefficient (Wildman–Crippen LogP) is 0.713. The van der Waals surface area contributed by atoms with Crippen molar-refractivity contribution < 1.29 is 19.1 Å². The smallest absolute Gasteiger partial charge is 0.318 e. The van der Waals surface area contributed by atoms with Gasteiger partial charge in [-0.1, -0.05) is 12.1 Å². The van der Waals surface area contributed by atoms with Crippen molar-refractivity contribution in [3.63, 3.8) is 0 Å². The summed E-state index contributed by atoms with van der Waals surface area (Å²) in [5.41, 5.74) is 0.598. The molecule has 3 N–H and O–H groups in total. The second-order valence-electron chi connectivity index (χ2n) is 7.13. The minimum absolute atomic E-state index is 0.170. The topological polar surface area (TPSA) is 84.9 Å². The summed E-state index contributed by atoms with van der Waals surface area (Å²) >= 11 is 0. The van der Waals surface area contributed by atoms with E-state index in [0.29, 0.717) is 37.7 Å². The van der Waals surface area contributed by atoms with Crippen LogP contribution in [0.2, 0.25) is 0 Å². The van der Waals surface area contributed by atoms with Crippen molar-refractivity contribution in [2.75, 3.05) is 45.9 Å². The summed E-state index contributed by atoms with van der Waals surface area (Å²) < 4.78 is 13.2. The van der Waals surface area contributed by atoms with Gasteiger partial charge in [-0.25, -0.2) is 9.18 Å². The third kappa shape index (κ3) is 4.95. The van der Waals surface area contributed by atoms with Crippen molar-refractivity contribution in [2.45, 2.75) is 18.9 Å². The Balaban J connectivity index is 1.57. The van der Waals surface area contributed by atoms with Crippen LogP contribution in [0, 0.1) is 11.7 Å². The van der Waals surface area contributed by atoms with Crippen LogP contribution in [-0.4, -0.2) is 72.7 Å². The van der Waals surface area contributed by atoms with Crippen LogP contribution in [0.15, 0.2) is 24.3 Å². The summed E-state index contributed by atoms with van der Waals surface area (Å²) in [6, 6.07) is 4.67. The number of amides is 3. The van der Waals surface area contributed by atoms with E-state index in [0.717, 1.165) is 25.9 Å². The summed E-state index contributed by atoms with van der Waals surface area (Å²) in [6.07, 6.45) is 1.95. The number of benzene rings is 1. The zero-order valence-corrected chi connectivity index (χ0v) is 15.4. The Labute approximate surface area is 158 Å². The monoisotopic (exact) mass is 378 g/mol. The van der Waals surface area contributed by atoms with Gasteiger partial charge in [0.05, 0.1) is 6.61 Å². The largest absolute Gasteiger partial charge is 0.395 e. The number of hydrogen-bond donors (Lipinski definition) is 3. The first-order chi connectivity index (χ1) is 13.1. The number of hydrogen-bond acceptors (Lipinski definition) is 4. The molecule has 148 valence electrons. The Kier molecular flexibility index (Phi) is 6.63. The lowest BCUT2D eigenvalue weighted by molar-refractivity contribution is -0.127. The van der Waals surface area contributed by atoms with Gasteiger partial charge in [-0.05, 0) is 49.5 Å². The van der Waals surface area contributed by atoms with Crippen molar-refractivity contribution in [2.24, 2.45) is 5.92 Å². The van der Waals surface area contributed by atoms with E-state index in [1.165, 1.54) is 17.0 Å². The van der Waals surface area contributed by atoms with Gasteiger partial charge in [0.2, 0.25) is 5.91 Å². The zero-order valence-electron chi connectivity index (χ0n) is 15.4. The Morgan fingerprint density at radius 1 is 1.22 bits per heavy atom. The summed E-state index contributed by atoms with van der Waals surface area (Å²) in [5.74, 6) is -0.231. The Bertz CT molecular complexity index is 647. The summed E-state index contributed by atoms with van der Waals surface area (Å²) in [7, 11) is 0. The number of likely N-dealkylation sites (tertiary alicyclic amines) is 1. The average Bonchev–Trinajstić information content (AvgIpc) is 2.68. The lowest BCUT2D eigenvalue weighted by atomic mass is 9.97. The quantitative estimate of drug-likeness (QED) is 0.705. The van der Waals surface area contributed by atoms with Crippen LogP contribution in [0.5, 0.6) is 0 Å². The van der Waals surface area contributed by atoms with Crippen molar-refractivity contribution >= 4 is 11.9 Å². The molecule has 0 saturated carbocycles. The van der Waals surface area contributed by atoms with E-state index >= 15 is 0 Å². The summed E-state index contributed by atoms with van der Waals surface area (Å²) in [5, 5.41) is 14.7. The molecular formula is C19H27FN4O3. The van der Waals surface area contributed by atoms with E-state index in [1.807, 2.05) is 0 Å². The molecule has 0 radical (unpaired) electrons. The molecule has 1 aromatic rings. The van der Waals surface area contributed by atoms with Gasteiger partial charge in [-0.2, -0.15) is 0 Å². The van der Waals surface area contributed by atoms with E-state index < -0.39 is 6.04 Å². The number of nitrogens with zero attached hydrogens (tertiary/aromatic N) is 2. The van der Waals surface area contributed by atoms with E-state index in [2.05, 4.69) is 15.5 Å². The standard InChI is InChI=1S/C19H27FN4O3/c20-16-3-1-15(2-4-16)17-18(26)21-7-10-24(17)19(27)22-13-14-5-8-23(9-6-14)11-12-25/h1-4,14,17,25H,5-13H2,(H,21,26)(H,22,27)/t17-/m0/s1. The fraction of sp³-hybridized carbons (Fsp3) is 0.579. The van der Waals surface area contributed by atoms with Crippen LogP contribution in [0.25, 0.3) is 0 Å². The number of piperidine rings is 1. The van der Waals surface area contributed by atoms with Gasteiger partial charge in [-0.3, -0.25) is 4.79 Å². The second kappa shape index (κ2) is 9.14. The number of rotatable bonds is 5. The van der Waals surface area contributed by atoms with Gasteiger partial charge in [0.25, 0.3) is 0 Å². The molecule has 0 spiro atoms. The third-order valence-electron chi connectivity index (χ3n) is 5.32. The number of piperazine rings is 1. The molecule has 2 fully saturated rings. The molecule has 0 aromatic heterocycles. The molecule has 3 rings (SSSR count). The Morgan fingerprint density at radius 3 is 2.59 bits per heavy atom. The van der Waals surface area contributed by atoms with Crippen molar-refractivity contribution in [1.29, 1.82) is 0 Å². The molecule has 0 unspecified atom stereocenters. The van der Waals surface area contributed by atoms with E-state index in [1.54, 1.807) is 12.1 Å². The maximum atomic E-state index is 13.2. The van der Waals surface area contributed by atoms with E-state index in [-0.39, 0.29) is 24.4 Å². The van der Waals surface area contributed by atoms with E-state index in [9.17, 15) is 14.0 Å². The lowest BCUT2D eigenvalue weighted by Crippen LogP contribution is -2.55. The first-order valence-corrected chi connectivity index (χ1v) is 9.49. The van der Waals surface area contributed by atoms with Crippen molar-refractivity contribution in [3.8, 4) is 0 Å². The van der Waals surface area contributed by atoms with Crippen LogP contribution in [0.4, 0.5) is 9.18 Å². The van der Waals surface area contributed by atoms with Crippen LogP contribution < -0.4 is 10.6 Å². The van der Waals surface area contributed by atoms with Gasteiger partial charge in [-0.15, -0.1) is 0 Å². The van der Waals surface area contributed by atoms with Gasteiger partial charge in [0, 0.05) is 26.2 Å². The first kappa shape index (κ1) is 19.6. The molecule has 2 aliphatic heterocycles. The summed E-state index contributed by atoms with van der Waals surface area (Å²) in [4.78, 5) is 28.8. The van der Waals surface area contributed by atoms with Crippen molar-refractivity contribution in [1.82, 2.24) is 20.4 Å². The molecule has 1 aromatic carbocycles. The number of halogens is 1. The number of β-amino-alcohol motifs (C(OH)–C–C–N with tert-alkyl or cyclic N) is 1. The molecule has 2 aliphatic rings. The minimum Gasteiger partial charge on any atom is -0.395 e. The van der Waals surface area contributed by atoms with Crippen LogP contribution in [-0.2, 0) is 4.79 Å². The van der Waals surface area contributed by atoms with Gasteiger partial charge in [0.15, 0.2) is 0 Å². The number of carbonyl (C=O) groups excluding carboxylic acids is 2. The van der Waals surface area contributed by atoms with E-state index in [4.69, 9.17) is 5.11 Å². The van der Waals surface area contributed by atoms with Crippen LogP contribution in [0.1, 0.15) is 24.4 Å². The van der Waals surface area contributed by atoms with Gasteiger partial charge in [0.1, 0.15) is 11.9 Å². The normalized spacial score (nSPS) is 21.8. The number of aliphatic hydroxyl groups is 1. The number of carbonyl (C=O) groups is 2. The minimum atomic E-state index is -0.745. The molecule has 27 heavy (non-hydrogen) atoms. The Hall–Kier alpha value is -2.19. The maximum absolute atomic E-state index is 13.2. The molecule has 3 amide bonds. The molecular weight excluding hydrogens is 351 g/mol. The SMILES string of the molecule is O=C1NCCN(C(=O)NCC2CCN(CCO)CC2)[C@H]1c1ccc(F)cc1. The van der Waals surface area contributed by atoms with Gasteiger partial charge < -0.3 is 25.5 Å². The highest BCUT2D eigenvalue weighted by atomic mass is 19.1. The fourth-order valence-corrected chi connectivity index (χ4v) is 3.75. The third-order valence-corrected chi connectivity index (χ3v) is 5.32. The highest BCUT2D eigenvalue weighted by Crippen LogP contribution is 2.24. The summed E-state index contributed by atoms with van der Waals surface area (Å²) in [6.45, 7) is 4.10. The molecule has 1 atom stereocenters. The fourth-order valence-electron chi connectivity index (χ4n) is 3.75. The van der Waals surface area contributed by atoms with Crippen LogP contribution in [0.3, 0.4) is 0 Å². The maximum Gasteiger partial charge on any atom is 0.318 e. The molecule has 8 heteroatoms. The highest BCUT2D eigenvalue weighted by molar-refractivity contribution is 5.89. The molecule has 2 heterocycles. The molecule has 2 saturated heterocycles. The lowest BCUT2D eigenvalue weighted by Gasteiger charge is -2.36. The number of aliphatic hydroxyl groups excluding tert-OH is 1. The average molecular weight is 378 g/mol. The highest BCUT2D eigenvalue weighted by Gasteiger charge is 2.34. The molecule has 7 nitrogen and oxygen atoms in total. The first-order valence-electron chi connectivity index (χ1n) is 9.49. The Morgan fingerprint density at radius 2 is 1.93 bits per heavy atom. The van der Waals surface area contributed by atoms with Crippen LogP contribution >= 0.6 is 0 Å². The molecule has 0 aliphatic carbocycles. The van der Waals surface area contributed by atoms with Crippen molar-refractivity contribution in [3.05, 3.63) is 35.6 Å². The predicted molar refractivity (Wildman–Crippen MR) is 98.5 cm³/mol.